The Kier molecular flexibility index (Phi) is 9.51. The van der Waals surface area contributed by atoms with E-state index in [9.17, 15) is 14.4 Å². The first-order valence-electron chi connectivity index (χ1n) is 10.3. The number of amides is 2. The highest BCUT2D eigenvalue weighted by molar-refractivity contribution is 8.00. The Balaban J connectivity index is 1.82. The zero-order valence-corrected chi connectivity index (χ0v) is 18.4. The monoisotopic (exact) mass is 420 g/mol. The van der Waals surface area contributed by atoms with Crippen LogP contribution >= 0.6 is 11.8 Å². The quantitative estimate of drug-likeness (QED) is 0.463. The first-order valence-corrected chi connectivity index (χ1v) is 11.3. The number of rotatable bonds is 10. The van der Waals surface area contributed by atoms with Crippen LogP contribution in [0.4, 0.5) is 0 Å². The standard InChI is InChI=1S/C22H32N2O4S/c1-16(2)10-11-17(3)23-20(25)14-28-22(27)18-8-4-5-9-19(18)29-15-21(26)24-12-6-7-13-24/h4-5,8-9,16-17H,6-7,10-15H2,1-3H3,(H,23,25)/t17-/m0/s1. The average Bonchev–Trinajstić information content (AvgIpc) is 3.24. The van der Waals surface area contributed by atoms with Crippen molar-refractivity contribution in [3.8, 4) is 0 Å². The lowest BCUT2D eigenvalue weighted by Crippen LogP contribution is -2.36. The van der Waals surface area contributed by atoms with Crippen LogP contribution in [0.15, 0.2) is 29.2 Å². The molecule has 1 atom stereocenters. The fraction of sp³-hybridized carbons (Fsp3) is 0.591. The van der Waals surface area contributed by atoms with Crippen molar-refractivity contribution >= 4 is 29.5 Å². The molecule has 2 rings (SSSR count). The van der Waals surface area contributed by atoms with E-state index >= 15 is 0 Å². The van der Waals surface area contributed by atoms with Crippen molar-refractivity contribution in [3.63, 3.8) is 0 Å². The summed E-state index contributed by atoms with van der Waals surface area (Å²) >= 11 is 1.33. The lowest BCUT2D eigenvalue weighted by Gasteiger charge is -2.16. The molecule has 0 unspecified atom stereocenters. The molecule has 1 saturated heterocycles. The van der Waals surface area contributed by atoms with Crippen molar-refractivity contribution in [2.24, 2.45) is 5.92 Å². The molecule has 1 aliphatic rings. The number of esters is 1. The first kappa shape index (κ1) is 23.3. The van der Waals surface area contributed by atoms with Gasteiger partial charge in [-0.05, 0) is 50.7 Å². The lowest BCUT2D eigenvalue weighted by molar-refractivity contribution is -0.127. The minimum absolute atomic E-state index is 0.0445. The summed E-state index contributed by atoms with van der Waals surface area (Å²) in [6.07, 6.45) is 4.03. The van der Waals surface area contributed by atoms with E-state index in [0.29, 0.717) is 16.4 Å². The molecule has 1 heterocycles. The second kappa shape index (κ2) is 11.9. The van der Waals surface area contributed by atoms with Crippen molar-refractivity contribution in [1.82, 2.24) is 10.2 Å². The van der Waals surface area contributed by atoms with Gasteiger partial charge in [0.15, 0.2) is 6.61 Å². The molecule has 0 aliphatic carbocycles. The third-order valence-electron chi connectivity index (χ3n) is 4.84. The van der Waals surface area contributed by atoms with E-state index in [1.165, 1.54) is 11.8 Å². The van der Waals surface area contributed by atoms with Gasteiger partial charge in [0, 0.05) is 24.0 Å². The summed E-state index contributed by atoms with van der Waals surface area (Å²) in [5, 5.41) is 2.86. The highest BCUT2D eigenvalue weighted by atomic mass is 32.2. The molecule has 0 radical (unpaired) electrons. The van der Waals surface area contributed by atoms with Gasteiger partial charge in [-0.3, -0.25) is 9.59 Å². The molecule has 1 fully saturated rings. The minimum atomic E-state index is -0.549. The van der Waals surface area contributed by atoms with Gasteiger partial charge in [0.1, 0.15) is 0 Å². The van der Waals surface area contributed by atoms with E-state index in [4.69, 9.17) is 4.74 Å². The first-order chi connectivity index (χ1) is 13.9. The molecule has 0 aromatic heterocycles. The lowest BCUT2D eigenvalue weighted by atomic mass is 10.0. The molecular formula is C22H32N2O4S. The van der Waals surface area contributed by atoms with E-state index in [0.717, 1.165) is 38.8 Å². The molecule has 0 saturated carbocycles. The van der Waals surface area contributed by atoms with E-state index in [1.54, 1.807) is 18.2 Å². The van der Waals surface area contributed by atoms with Crippen LogP contribution < -0.4 is 5.32 Å². The zero-order chi connectivity index (χ0) is 21.2. The van der Waals surface area contributed by atoms with Crippen molar-refractivity contribution in [2.75, 3.05) is 25.4 Å². The largest absolute Gasteiger partial charge is 0.452 e. The van der Waals surface area contributed by atoms with Crippen LogP contribution in [0.1, 0.15) is 56.8 Å². The van der Waals surface area contributed by atoms with E-state index in [1.807, 2.05) is 17.9 Å². The molecule has 0 bridgehead atoms. The number of hydrogen-bond donors (Lipinski definition) is 1. The van der Waals surface area contributed by atoms with Gasteiger partial charge in [-0.1, -0.05) is 26.0 Å². The fourth-order valence-corrected chi connectivity index (χ4v) is 4.08. The van der Waals surface area contributed by atoms with Crippen molar-refractivity contribution in [3.05, 3.63) is 29.8 Å². The summed E-state index contributed by atoms with van der Waals surface area (Å²) < 4.78 is 5.20. The number of carbonyl (C=O) groups excluding carboxylic acids is 3. The van der Waals surface area contributed by atoms with Crippen LogP contribution in [0.3, 0.4) is 0 Å². The van der Waals surface area contributed by atoms with Gasteiger partial charge in [-0.15, -0.1) is 11.8 Å². The molecule has 2 amide bonds. The second-order valence-electron chi connectivity index (χ2n) is 7.89. The third kappa shape index (κ3) is 8.09. The predicted octanol–water partition coefficient (Wildman–Crippen LogP) is 3.50. The highest BCUT2D eigenvalue weighted by Gasteiger charge is 2.20. The SMILES string of the molecule is CC(C)CC[C@H](C)NC(=O)COC(=O)c1ccccc1SCC(=O)N1CCCC1. The highest BCUT2D eigenvalue weighted by Crippen LogP contribution is 2.24. The number of likely N-dealkylation sites (tertiary alicyclic amines) is 1. The van der Waals surface area contributed by atoms with Crippen LogP contribution in [0.2, 0.25) is 0 Å². The maximum absolute atomic E-state index is 12.5. The number of nitrogens with one attached hydrogen (secondary N) is 1. The fourth-order valence-electron chi connectivity index (χ4n) is 3.14. The van der Waals surface area contributed by atoms with E-state index < -0.39 is 5.97 Å². The van der Waals surface area contributed by atoms with Crippen LogP contribution in [0.25, 0.3) is 0 Å². The van der Waals surface area contributed by atoms with Gasteiger partial charge in [-0.2, -0.15) is 0 Å². The average molecular weight is 421 g/mol. The molecule has 0 spiro atoms. The Morgan fingerprint density at radius 2 is 1.79 bits per heavy atom. The zero-order valence-electron chi connectivity index (χ0n) is 17.6. The normalized spacial score (nSPS) is 14.7. The molecule has 7 heteroatoms. The maximum atomic E-state index is 12.5. The van der Waals surface area contributed by atoms with Gasteiger partial charge >= 0.3 is 5.97 Å². The second-order valence-corrected chi connectivity index (χ2v) is 8.91. The number of nitrogens with zero attached hydrogens (tertiary/aromatic N) is 1. The van der Waals surface area contributed by atoms with Crippen LogP contribution in [-0.2, 0) is 14.3 Å². The van der Waals surface area contributed by atoms with Gasteiger partial charge in [0.25, 0.3) is 5.91 Å². The molecule has 1 aromatic rings. The molecule has 6 nitrogen and oxygen atoms in total. The summed E-state index contributed by atoms with van der Waals surface area (Å²) in [5.74, 6) is 0.109. The van der Waals surface area contributed by atoms with Crippen LogP contribution in [0.5, 0.6) is 0 Å². The van der Waals surface area contributed by atoms with Gasteiger partial charge < -0.3 is 15.0 Å². The van der Waals surface area contributed by atoms with E-state index in [2.05, 4.69) is 19.2 Å². The molecule has 1 N–H and O–H groups in total. The third-order valence-corrected chi connectivity index (χ3v) is 5.89. The summed E-state index contributed by atoms with van der Waals surface area (Å²) in [5.41, 5.74) is 0.382. The minimum Gasteiger partial charge on any atom is -0.452 e. The smallest absolute Gasteiger partial charge is 0.339 e. The number of carbonyl (C=O) groups is 3. The van der Waals surface area contributed by atoms with Crippen LogP contribution in [-0.4, -0.2) is 54.2 Å². The Bertz CT molecular complexity index is 702. The number of benzene rings is 1. The molecule has 1 aliphatic heterocycles. The number of thioether (sulfide) groups is 1. The van der Waals surface area contributed by atoms with E-state index in [-0.39, 0.29) is 30.2 Å². The Labute approximate surface area is 177 Å². The summed E-state index contributed by atoms with van der Waals surface area (Å²) in [6, 6.07) is 7.07. The molecule has 160 valence electrons. The topological polar surface area (TPSA) is 75.7 Å². The van der Waals surface area contributed by atoms with Crippen LogP contribution in [0, 0.1) is 5.92 Å². The van der Waals surface area contributed by atoms with Gasteiger partial charge in [-0.25, -0.2) is 4.79 Å². The van der Waals surface area contributed by atoms with Crippen molar-refractivity contribution < 1.29 is 19.1 Å². The Hall–Kier alpha value is -2.02. The summed E-state index contributed by atoms with van der Waals surface area (Å²) in [6.45, 7) is 7.55. The number of hydrogen-bond acceptors (Lipinski definition) is 5. The summed E-state index contributed by atoms with van der Waals surface area (Å²) in [4.78, 5) is 39.3. The van der Waals surface area contributed by atoms with Crippen molar-refractivity contribution in [2.45, 2.75) is 57.4 Å². The van der Waals surface area contributed by atoms with Gasteiger partial charge in [0.05, 0.1) is 11.3 Å². The molecular weight excluding hydrogens is 388 g/mol. The maximum Gasteiger partial charge on any atom is 0.339 e. The Morgan fingerprint density at radius 3 is 2.48 bits per heavy atom. The number of ether oxygens (including phenoxy) is 1. The summed E-state index contributed by atoms with van der Waals surface area (Å²) in [7, 11) is 0. The van der Waals surface area contributed by atoms with Crippen molar-refractivity contribution in [1.29, 1.82) is 0 Å². The Morgan fingerprint density at radius 1 is 1.10 bits per heavy atom. The van der Waals surface area contributed by atoms with Gasteiger partial charge in [0.2, 0.25) is 5.91 Å². The molecule has 1 aromatic carbocycles. The predicted molar refractivity (Wildman–Crippen MR) is 115 cm³/mol. The molecule has 29 heavy (non-hydrogen) atoms.